The summed E-state index contributed by atoms with van der Waals surface area (Å²) in [6, 6.07) is 28.8. The standard InChI is InChI=1S/C28H22N2.C4H6O2/c1-19(2)24-15-13-22-14-16-25(23(17-29)18-30)28(27(22)24)26(20-9-5-3-6-10-20)21-11-7-4-8-12-21;5-4-2-1-3-6-4/h3-12,14-16,19H,13H2,1-2H3;1-3H2. The molecule has 4 nitrogen and oxygen atoms in total. The van der Waals surface area contributed by atoms with Crippen molar-refractivity contribution in [2.75, 3.05) is 6.61 Å². The average molecular weight is 473 g/mol. The Morgan fingerprint density at radius 1 is 0.889 bits per heavy atom. The molecule has 3 aromatic rings. The van der Waals surface area contributed by atoms with Crippen LogP contribution < -0.4 is 10.4 Å². The zero-order chi connectivity index (χ0) is 25.5. The van der Waals surface area contributed by atoms with E-state index in [0.717, 1.165) is 34.8 Å². The van der Waals surface area contributed by atoms with Crippen molar-refractivity contribution in [2.45, 2.75) is 33.1 Å². The Balaban J connectivity index is 0.000000445. The first-order valence-electron chi connectivity index (χ1n) is 12.2. The summed E-state index contributed by atoms with van der Waals surface area (Å²) in [5.74, 6) is 0.302. The van der Waals surface area contributed by atoms with Gasteiger partial charge in [0.2, 0.25) is 0 Å². The third kappa shape index (κ3) is 5.14. The van der Waals surface area contributed by atoms with Crippen molar-refractivity contribution < 1.29 is 9.53 Å². The lowest BCUT2D eigenvalue weighted by atomic mass is 9.87. The molecule has 0 bridgehead atoms. The molecule has 0 aromatic heterocycles. The Morgan fingerprint density at radius 2 is 1.50 bits per heavy atom. The Labute approximate surface area is 212 Å². The molecular formula is C32H28N2O2. The van der Waals surface area contributed by atoms with Gasteiger partial charge >= 0.3 is 5.97 Å². The van der Waals surface area contributed by atoms with Crippen molar-refractivity contribution in [3.8, 4) is 12.1 Å². The molecule has 0 N–H and O–H groups in total. The monoisotopic (exact) mass is 472 g/mol. The highest BCUT2D eigenvalue weighted by molar-refractivity contribution is 5.86. The van der Waals surface area contributed by atoms with Gasteiger partial charge in [0.05, 0.1) is 6.61 Å². The molecular weight excluding hydrogens is 444 g/mol. The van der Waals surface area contributed by atoms with E-state index < -0.39 is 0 Å². The molecule has 0 amide bonds. The van der Waals surface area contributed by atoms with E-state index in [0.29, 0.717) is 24.2 Å². The molecule has 4 heteroatoms. The van der Waals surface area contributed by atoms with Crippen molar-refractivity contribution in [2.24, 2.45) is 5.92 Å². The molecule has 2 aliphatic rings. The van der Waals surface area contributed by atoms with Gasteiger partial charge in [-0.15, -0.1) is 0 Å². The van der Waals surface area contributed by atoms with Gasteiger partial charge in [-0.3, -0.25) is 4.79 Å². The molecule has 36 heavy (non-hydrogen) atoms. The first kappa shape index (κ1) is 24.7. The molecule has 0 radical (unpaired) electrons. The van der Waals surface area contributed by atoms with E-state index in [1.807, 2.05) is 42.5 Å². The molecule has 5 rings (SSSR count). The lowest BCUT2D eigenvalue weighted by Gasteiger charge is -2.16. The van der Waals surface area contributed by atoms with Crippen LogP contribution >= 0.6 is 0 Å². The molecule has 1 fully saturated rings. The normalized spacial score (nSPS) is 13.5. The molecule has 1 saturated heterocycles. The van der Waals surface area contributed by atoms with Crippen LogP contribution in [0.4, 0.5) is 0 Å². The van der Waals surface area contributed by atoms with Crippen molar-refractivity contribution >= 4 is 22.7 Å². The zero-order valence-corrected chi connectivity index (χ0v) is 20.6. The van der Waals surface area contributed by atoms with E-state index >= 15 is 0 Å². The van der Waals surface area contributed by atoms with E-state index in [1.54, 1.807) is 0 Å². The number of carbonyl (C=O) groups excluding carboxylic acids is 1. The van der Waals surface area contributed by atoms with Gasteiger partial charge in [0.15, 0.2) is 0 Å². The summed E-state index contributed by atoms with van der Waals surface area (Å²) in [6.07, 6.45) is 4.70. The number of cyclic esters (lactones) is 1. The summed E-state index contributed by atoms with van der Waals surface area (Å²) in [6.45, 7) is 5.03. The lowest BCUT2D eigenvalue weighted by molar-refractivity contribution is -0.137. The maximum atomic E-state index is 10.0. The quantitative estimate of drug-likeness (QED) is 0.500. The van der Waals surface area contributed by atoms with Crippen LogP contribution in [-0.4, -0.2) is 12.6 Å². The summed E-state index contributed by atoms with van der Waals surface area (Å²) in [5.41, 5.74) is 7.05. The van der Waals surface area contributed by atoms with Gasteiger partial charge in [0, 0.05) is 11.6 Å². The number of esters is 1. The SMILES string of the molecule is CC(C)C1=CCc2ccc(=C(C#N)C#N)c(=C(c3ccccc3)c3ccccc3)c21.O=C1CCCO1. The molecule has 0 saturated carbocycles. The van der Waals surface area contributed by atoms with Crippen LogP contribution in [0, 0.1) is 28.6 Å². The van der Waals surface area contributed by atoms with Crippen LogP contribution in [0.5, 0.6) is 0 Å². The van der Waals surface area contributed by atoms with Gasteiger partial charge in [0.1, 0.15) is 17.7 Å². The number of nitriles is 2. The van der Waals surface area contributed by atoms with Crippen LogP contribution in [0.25, 0.3) is 16.7 Å². The summed E-state index contributed by atoms with van der Waals surface area (Å²) in [4.78, 5) is 10.0. The number of fused-ring (bicyclic) bond motifs is 1. The second kappa shape index (κ2) is 11.3. The summed E-state index contributed by atoms with van der Waals surface area (Å²) >= 11 is 0. The largest absolute Gasteiger partial charge is 0.466 e. The van der Waals surface area contributed by atoms with E-state index in [9.17, 15) is 15.3 Å². The smallest absolute Gasteiger partial charge is 0.305 e. The second-order valence-electron chi connectivity index (χ2n) is 9.07. The van der Waals surface area contributed by atoms with E-state index in [4.69, 9.17) is 0 Å². The third-order valence-electron chi connectivity index (χ3n) is 6.40. The van der Waals surface area contributed by atoms with Crippen LogP contribution in [-0.2, 0) is 16.0 Å². The Hall–Kier alpha value is -4.41. The van der Waals surface area contributed by atoms with Gasteiger partial charge < -0.3 is 4.74 Å². The fourth-order valence-corrected chi connectivity index (χ4v) is 4.75. The van der Waals surface area contributed by atoms with Gasteiger partial charge in [-0.2, -0.15) is 10.5 Å². The number of benzene rings is 3. The van der Waals surface area contributed by atoms with Gasteiger partial charge in [-0.05, 0) is 57.4 Å². The number of ether oxygens (including phenoxy) is 1. The highest BCUT2D eigenvalue weighted by atomic mass is 16.5. The average Bonchev–Trinajstić information content (AvgIpc) is 3.57. The summed E-state index contributed by atoms with van der Waals surface area (Å²) in [7, 11) is 0. The van der Waals surface area contributed by atoms with E-state index in [-0.39, 0.29) is 11.5 Å². The second-order valence-corrected chi connectivity index (χ2v) is 9.07. The third-order valence-corrected chi connectivity index (χ3v) is 6.40. The molecule has 1 aliphatic carbocycles. The Morgan fingerprint density at radius 3 is 1.94 bits per heavy atom. The number of nitrogens with zero attached hydrogens (tertiary/aromatic N) is 2. The highest BCUT2D eigenvalue weighted by Crippen LogP contribution is 2.31. The Bertz CT molecular complexity index is 1440. The number of hydrogen-bond acceptors (Lipinski definition) is 4. The first-order chi connectivity index (χ1) is 17.5. The molecule has 1 aliphatic heterocycles. The van der Waals surface area contributed by atoms with Crippen molar-refractivity contribution in [1.82, 2.24) is 0 Å². The number of rotatable bonds is 3. The minimum Gasteiger partial charge on any atom is -0.466 e. The van der Waals surface area contributed by atoms with Crippen LogP contribution in [0.3, 0.4) is 0 Å². The summed E-state index contributed by atoms with van der Waals surface area (Å²) in [5, 5.41) is 21.1. The van der Waals surface area contributed by atoms with Crippen molar-refractivity contribution in [1.29, 1.82) is 10.5 Å². The molecule has 0 atom stereocenters. The maximum Gasteiger partial charge on any atom is 0.305 e. The van der Waals surface area contributed by atoms with Crippen LogP contribution in [0.1, 0.15) is 48.9 Å². The molecule has 0 unspecified atom stereocenters. The van der Waals surface area contributed by atoms with Crippen LogP contribution in [0.2, 0.25) is 0 Å². The molecule has 178 valence electrons. The first-order valence-corrected chi connectivity index (χ1v) is 12.2. The minimum atomic E-state index is -0.0463. The number of carbonyl (C=O) groups is 1. The highest BCUT2D eigenvalue weighted by Gasteiger charge is 2.22. The molecule has 0 spiro atoms. The predicted octanol–water partition coefficient (Wildman–Crippen LogP) is 5.05. The summed E-state index contributed by atoms with van der Waals surface area (Å²) < 4.78 is 4.51. The fraction of sp³-hybridized carbons (Fsp3) is 0.219. The molecule has 3 aromatic carbocycles. The Kier molecular flexibility index (Phi) is 7.79. The van der Waals surface area contributed by atoms with Gasteiger partial charge in [-0.1, -0.05) is 92.7 Å². The lowest BCUT2D eigenvalue weighted by Crippen LogP contribution is -2.34. The van der Waals surface area contributed by atoms with Crippen molar-refractivity contribution in [3.05, 3.63) is 112 Å². The van der Waals surface area contributed by atoms with E-state index in [2.05, 4.69) is 67.1 Å². The van der Waals surface area contributed by atoms with Crippen molar-refractivity contribution in [3.63, 3.8) is 0 Å². The maximum absolute atomic E-state index is 10.0. The number of hydrogen-bond donors (Lipinski definition) is 0. The minimum absolute atomic E-state index is 0.0463. The van der Waals surface area contributed by atoms with Gasteiger partial charge in [-0.25, -0.2) is 0 Å². The zero-order valence-electron chi connectivity index (χ0n) is 20.6. The fourth-order valence-electron chi connectivity index (χ4n) is 4.75. The topological polar surface area (TPSA) is 73.9 Å². The molecule has 1 heterocycles. The predicted molar refractivity (Wildman–Crippen MR) is 142 cm³/mol. The van der Waals surface area contributed by atoms with Crippen LogP contribution in [0.15, 0.2) is 78.9 Å². The number of allylic oxidation sites excluding steroid dienone is 2. The van der Waals surface area contributed by atoms with Gasteiger partial charge in [0.25, 0.3) is 0 Å². The van der Waals surface area contributed by atoms with E-state index in [1.165, 1.54) is 16.7 Å².